The summed E-state index contributed by atoms with van der Waals surface area (Å²) in [6.45, 7) is 0.930. The van der Waals surface area contributed by atoms with Gasteiger partial charge >= 0.3 is 0 Å². The second-order valence-corrected chi connectivity index (χ2v) is 8.33. The SMILES string of the molecule is COc1ccc(/C=C(/C(N)=O)c2ccc(OCC(O)CNCc3ccc(OC)cc3OC)cc2)c(OC)c1. The fraction of sp³-hybridized carbons (Fsp3) is 0.276. The molecule has 4 N–H and O–H groups in total. The Bertz CT molecular complexity index is 1240. The van der Waals surface area contributed by atoms with Gasteiger partial charge in [-0.3, -0.25) is 4.79 Å². The van der Waals surface area contributed by atoms with Crippen LogP contribution in [0.2, 0.25) is 0 Å². The Morgan fingerprint density at radius 3 is 2.08 bits per heavy atom. The Balaban J connectivity index is 1.58. The van der Waals surface area contributed by atoms with E-state index in [0.29, 0.717) is 58.5 Å². The van der Waals surface area contributed by atoms with Gasteiger partial charge in [-0.05, 0) is 42.0 Å². The molecule has 9 nitrogen and oxygen atoms in total. The van der Waals surface area contributed by atoms with Crippen molar-refractivity contribution in [3.63, 3.8) is 0 Å². The maximum atomic E-state index is 12.2. The molecule has 3 rings (SSSR count). The number of hydrogen-bond donors (Lipinski definition) is 3. The van der Waals surface area contributed by atoms with Crippen molar-refractivity contribution in [3.05, 3.63) is 77.4 Å². The monoisotopic (exact) mass is 522 g/mol. The first-order chi connectivity index (χ1) is 18.4. The molecular weight excluding hydrogens is 488 g/mol. The minimum absolute atomic E-state index is 0.0909. The average Bonchev–Trinajstić information content (AvgIpc) is 2.95. The summed E-state index contributed by atoms with van der Waals surface area (Å²) < 4.78 is 27.0. The smallest absolute Gasteiger partial charge is 0.249 e. The predicted molar refractivity (Wildman–Crippen MR) is 146 cm³/mol. The maximum Gasteiger partial charge on any atom is 0.249 e. The first-order valence-electron chi connectivity index (χ1n) is 11.9. The van der Waals surface area contributed by atoms with E-state index in [4.69, 9.17) is 29.4 Å². The molecule has 0 aliphatic carbocycles. The van der Waals surface area contributed by atoms with Crippen LogP contribution in [0.1, 0.15) is 16.7 Å². The third-order valence-corrected chi connectivity index (χ3v) is 5.80. The standard InChI is InChI=1S/C29H34N2O7/c1-34-24-11-7-20(27(14-24)36-3)13-26(29(30)33)19-5-9-23(10-6-19)38-18-22(32)17-31-16-21-8-12-25(35-2)15-28(21)37-4/h5-15,22,31-32H,16-18H2,1-4H3,(H2,30,33)/b26-13+. The third kappa shape index (κ3) is 7.64. The quantitative estimate of drug-likeness (QED) is 0.218. The van der Waals surface area contributed by atoms with Crippen LogP contribution in [0, 0.1) is 0 Å². The molecule has 1 amide bonds. The molecule has 1 unspecified atom stereocenters. The van der Waals surface area contributed by atoms with Gasteiger partial charge in [0.05, 0.1) is 28.4 Å². The number of nitrogens with one attached hydrogen (secondary N) is 1. The molecule has 0 saturated heterocycles. The molecule has 9 heteroatoms. The summed E-state index contributed by atoms with van der Waals surface area (Å²) >= 11 is 0. The van der Waals surface area contributed by atoms with Gasteiger partial charge in [-0.2, -0.15) is 0 Å². The highest BCUT2D eigenvalue weighted by molar-refractivity contribution is 6.23. The Morgan fingerprint density at radius 1 is 0.868 bits per heavy atom. The molecule has 3 aromatic rings. The topological polar surface area (TPSA) is 122 Å². The van der Waals surface area contributed by atoms with Crippen molar-refractivity contribution in [2.45, 2.75) is 12.6 Å². The van der Waals surface area contributed by atoms with Gasteiger partial charge in [0, 0.05) is 41.9 Å². The number of carbonyl (C=O) groups is 1. The van der Waals surface area contributed by atoms with E-state index < -0.39 is 12.0 Å². The number of methoxy groups -OCH3 is 4. The lowest BCUT2D eigenvalue weighted by atomic mass is 10.0. The molecule has 0 aliphatic heterocycles. The lowest BCUT2D eigenvalue weighted by Gasteiger charge is -2.15. The van der Waals surface area contributed by atoms with Gasteiger partial charge in [-0.25, -0.2) is 0 Å². The zero-order valence-electron chi connectivity index (χ0n) is 22.0. The second kappa shape index (κ2) is 13.9. The lowest BCUT2D eigenvalue weighted by Crippen LogP contribution is -2.31. The number of aliphatic hydroxyl groups is 1. The summed E-state index contributed by atoms with van der Waals surface area (Å²) in [5, 5.41) is 13.5. The Kier molecular flexibility index (Phi) is 10.4. The fourth-order valence-electron chi connectivity index (χ4n) is 3.74. The lowest BCUT2D eigenvalue weighted by molar-refractivity contribution is -0.112. The highest BCUT2D eigenvalue weighted by Crippen LogP contribution is 2.29. The van der Waals surface area contributed by atoms with Gasteiger partial charge in [-0.15, -0.1) is 0 Å². The van der Waals surface area contributed by atoms with Crippen LogP contribution < -0.4 is 34.7 Å². The number of hydrogen-bond acceptors (Lipinski definition) is 8. The van der Waals surface area contributed by atoms with Gasteiger partial charge in [0.1, 0.15) is 41.5 Å². The summed E-state index contributed by atoms with van der Waals surface area (Å²) in [5.74, 6) is 2.58. The summed E-state index contributed by atoms with van der Waals surface area (Å²) in [6, 6.07) is 17.8. The van der Waals surface area contributed by atoms with Crippen molar-refractivity contribution in [2.24, 2.45) is 5.73 Å². The third-order valence-electron chi connectivity index (χ3n) is 5.80. The molecular formula is C29H34N2O7. The Labute approximate surface area is 222 Å². The first-order valence-corrected chi connectivity index (χ1v) is 11.9. The molecule has 0 heterocycles. The predicted octanol–water partition coefficient (Wildman–Crippen LogP) is 3.28. The zero-order chi connectivity index (χ0) is 27.5. The molecule has 0 radical (unpaired) electrons. The summed E-state index contributed by atoms with van der Waals surface area (Å²) in [4.78, 5) is 12.2. The van der Waals surface area contributed by atoms with Gasteiger partial charge < -0.3 is 39.8 Å². The number of nitrogens with two attached hydrogens (primary N) is 1. The molecule has 3 aromatic carbocycles. The molecule has 0 spiro atoms. The number of carbonyl (C=O) groups excluding carboxylic acids is 1. The summed E-state index contributed by atoms with van der Waals surface area (Å²) in [5.41, 5.74) is 8.24. The largest absolute Gasteiger partial charge is 0.497 e. The highest BCUT2D eigenvalue weighted by Gasteiger charge is 2.13. The number of rotatable bonds is 14. The minimum atomic E-state index is -0.734. The van der Waals surface area contributed by atoms with Crippen LogP contribution >= 0.6 is 0 Å². The van der Waals surface area contributed by atoms with E-state index >= 15 is 0 Å². The Morgan fingerprint density at radius 2 is 1.47 bits per heavy atom. The van der Waals surface area contributed by atoms with E-state index in [0.717, 1.165) is 5.56 Å². The van der Waals surface area contributed by atoms with Crippen LogP contribution in [-0.4, -0.2) is 58.7 Å². The molecule has 0 fully saturated rings. The molecule has 0 aromatic heterocycles. The molecule has 38 heavy (non-hydrogen) atoms. The average molecular weight is 523 g/mol. The van der Waals surface area contributed by atoms with Gasteiger partial charge in [0.2, 0.25) is 5.91 Å². The molecule has 0 saturated carbocycles. The zero-order valence-corrected chi connectivity index (χ0v) is 22.0. The van der Waals surface area contributed by atoms with Crippen LogP contribution in [0.25, 0.3) is 11.6 Å². The normalized spacial score (nSPS) is 12.0. The number of aliphatic hydroxyl groups excluding tert-OH is 1. The first kappa shape index (κ1) is 28.4. The fourth-order valence-corrected chi connectivity index (χ4v) is 3.74. The molecule has 0 bridgehead atoms. The van der Waals surface area contributed by atoms with Crippen molar-refractivity contribution >= 4 is 17.6 Å². The maximum absolute atomic E-state index is 12.2. The van der Waals surface area contributed by atoms with E-state index in [-0.39, 0.29) is 6.61 Å². The van der Waals surface area contributed by atoms with Crippen molar-refractivity contribution in [1.29, 1.82) is 0 Å². The van der Waals surface area contributed by atoms with Crippen molar-refractivity contribution in [1.82, 2.24) is 5.32 Å². The van der Waals surface area contributed by atoms with E-state index in [9.17, 15) is 9.90 Å². The van der Waals surface area contributed by atoms with E-state index in [2.05, 4.69) is 5.32 Å². The van der Waals surface area contributed by atoms with Gasteiger partial charge in [0.15, 0.2) is 0 Å². The van der Waals surface area contributed by atoms with Crippen LogP contribution in [0.5, 0.6) is 28.7 Å². The van der Waals surface area contributed by atoms with Crippen molar-refractivity contribution in [3.8, 4) is 28.7 Å². The van der Waals surface area contributed by atoms with Gasteiger partial charge in [-0.1, -0.05) is 18.2 Å². The van der Waals surface area contributed by atoms with Crippen LogP contribution in [0.3, 0.4) is 0 Å². The van der Waals surface area contributed by atoms with Crippen molar-refractivity contribution < 1.29 is 33.6 Å². The number of primary amides is 1. The number of amides is 1. The summed E-state index contributed by atoms with van der Waals surface area (Å²) in [6.07, 6.45) is 0.937. The van der Waals surface area contributed by atoms with Crippen LogP contribution in [0.4, 0.5) is 0 Å². The summed E-state index contributed by atoms with van der Waals surface area (Å²) in [7, 11) is 6.31. The number of ether oxygens (including phenoxy) is 5. The molecule has 202 valence electrons. The van der Waals surface area contributed by atoms with E-state index in [1.165, 1.54) is 0 Å². The second-order valence-electron chi connectivity index (χ2n) is 8.33. The minimum Gasteiger partial charge on any atom is -0.497 e. The van der Waals surface area contributed by atoms with E-state index in [1.807, 2.05) is 18.2 Å². The Hall–Kier alpha value is -4.21. The van der Waals surface area contributed by atoms with Gasteiger partial charge in [0.25, 0.3) is 0 Å². The number of benzene rings is 3. The van der Waals surface area contributed by atoms with Crippen molar-refractivity contribution in [2.75, 3.05) is 41.6 Å². The van der Waals surface area contributed by atoms with E-state index in [1.54, 1.807) is 77.0 Å². The molecule has 0 aliphatic rings. The highest BCUT2D eigenvalue weighted by atomic mass is 16.5. The molecule has 1 atom stereocenters. The van der Waals surface area contributed by atoms with Crippen LogP contribution in [0.15, 0.2) is 60.7 Å². The van der Waals surface area contributed by atoms with Crippen LogP contribution in [-0.2, 0) is 11.3 Å².